The van der Waals surface area contributed by atoms with E-state index in [9.17, 15) is 0 Å². The highest BCUT2D eigenvalue weighted by atomic mass is 15.1. The zero-order chi connectivity index (χ0) is 18.0. The molecule has 0 heterocycles. The number of hydrogen-bond donors (Lipinski definition) is 1. The highest BCUT2D eigenvalue weighted by Crippen LogP contribution is 2.12. The fourth-order valence-corrected chi connectivity index (χ4v) is 3.31. The third-order valence-corrected chi connectivity index (χ3v) is 5.50. The molecule has 0 aromatic carbocycles. The average Bonchev–Trinajstić information content (AvgIpc) is 2.59. The Balaban J connectivity index is 4.00. The largest absolute Gasteiger partial charge is 0.326 e. The minimum absolute atomic E-state index is 0.343. The van der Waals surface area contributed by atoms with Gasteiger partial charge in [0.2, 0.25) is 0 Å². The molecule has 2 atom stereocenters. The molecule has 0 amide bonds. The van der Waals surface area contributed by atoms with Crippen molar-refractivity contribution in [3.63, 3.8) is 0 Å². The number of nitrogens with two attached hydrogens (primary N) is 1. The molecular weight excluding hydrogens is 292 g/mol. The number of hydrogen-bond acceptors (Lipinski definition) is 2. The molecule has 0 aromatic heterocycles. The maximum Gasteiger partial charge on any atom is 0.0193 e. The first-order valence-electron chi connectivity index (χ1n) is 11.1. The highest BCUT2D eigenvalue weighted by Gasteiger charge is 2.15. The molecule has 0 saturated carbocycles. The molecule has 0 radical (unpaired) electrons. The van der Waals surface area contributed by atoms with E-state index in [2.05, 4.69) is 32.6 Å². The van der Waals surface area contributed by atoms with Crippen LogP contribution in [0.15, 0.2) is 0 Å². The summed E-state index contributed by atoms with van der Waals surface area (Å²) in [5.41, 5.74) is 6.43. The van der Waals surface area contributed by atoms with Gasteiger partial charge in [0.05, 0.1) is 0 Å². The molecular formula is C22H48N2. The van der Waals surface area contributed by atoms with E-state index in [1.165, 1.54) is 96.6 Å². The van der Waals surface area contributed by atoms with Crippen molar-refractivity contribution in [2.24, 2.45) is 11.7 Å². The van der Waals surface area contributed by atoms with Gasteiger partial charge in [-0.2, -0.15) is 0 Å². The van der Waals surface area contributed by atoms with E-state index in [0.717, 1.165) is 6.54 Å². The average molecular weight is 341 g/mol. The van der Waals surface area contributed by atoms with Crippen LogP contribution in [0.25, 0.3) is 0 Å². The van der Waals surface area contributed by atoms with Crippen LogP contribution in [0.3, 0.4) is 0 Å². The predicted octanol–water partition coefficient (Wildman–Crippen LogP) is 6.38. The first-order chi connectivity index (χ1) is 11.7. The van der Waals surface area contributed by atoms with Crippen molar-refractivity contribution < 1.29 is 0 Å². The fraction of sp³-hybridized carbons (Fsp3) is 1.00. The minimum Gasteiger partial charge on any atom is -0.326 e. The normalized spacial score (nSPS) is 14.2. The molecule has 0 fully saturated rings. The summed E-state index contributed by atoms with van der Waals surface area (Å²) in [6.07, 6.45) is 17.8. The van der Waals surface area contributed by atoms with E-state index in [-0.39, 0.29) is 0 Å². The van der Waals surface area contributed by atoms with Crippen LogP contribution in [0.4, 0.5) is 0 Å². The van der Waals surface area contributed by atoms with Crippen molar-refractivity contribution in [3.05, 3.63) is 0 Å². The second kappa shape index (κ2) is 17.7. The summed E-state index contributed by atoms with van der Waals surface area (Å²) in [5, 5.41) is 0. The van der Waals surface area contributed by atoms with Gasteiger partial charge >= 0.3 is 0 Å². The molecule has 146 valence electrons. The first kappa shape index (κ1) is 23.9. The van der Waals surface area contributed by atoms with Crippen molar-refractivity contribution >= 4 is 0 Å². The van der Waals surface area contributed by atoms with Crippen LogP contribution >= 0.6 is 0 Å². The van der Waals surface area contributed by atoms with Gasteiger partial charge in [-0.1, -0.05) is 98.3 Å². The molecule has 0 rings (SSSR count). The number of nitrogens with zero attached hydrogens (tertiary/aromatic N) is 1. The quantitative estimate of drug-likeness (QED) is 0.293. The van der Waals surface area contributed by atoms with Crippen LogP contribution in [-0.2, 0) is 0 Å². The Morgan fingerprint density at radius 3 is 1.50 bits per heavy atom. The van der Waals surface area contributed by atoms with Crippen molar-refractivity contribution in [2.75, 3.05) is 19.6 Å². The summed E-state index contributed by atoms with van der Waals surface area (Å²) in [4.78, 5) is 2.66. The lowest BCUT2D eigenvalue weighted by molar-refractivity contribution is 0.222. The topological polar surface area (TPSA) is 29.3 Å². The summed E-state index contributed by atoms with van der Waals surface area (Å²) in [5.74, 6) is 0.640. The summed E-state index contributed by atoms with van der Waals surface area (Å²) < 4.78 is 0. The molecule has 24 heavy (non-hydrogen) atoms. The third-order valence-electron chi connectivity index (χ3n) is 5.50. The second-order valence-corrected chi connectivity index (χ2v) is 7.89. The number of rotatable bonds is 18. The van der Waals surface area contributed by atoms with E-state index in [1.807, 2.05) is 0 Å². The maximum absolute atomic E-state index is 6.43. The van der Waals surface area contributed by atoms with Crippen LogP contribution in [-0.4, -0.2) is 30.6 Å². The van der Waals surface area contributed by atoms with Crippen molar-refractivity contribution in [1.82, 2.24) is 4.90 Å². The molecule has 0 spiro atoms. The standard InChI is InChI=1S/C22H48N2/c1-5-8-10-12-14-16-18-24(20-22(23)21(4)7-3)19-17-15-13-11-9-6-2/h21-22H,5-20,23H2,1-4H3/t21?,22-/m1/s1. The Labute approximate surface area is 154 Å². The third kappa shape index (κ3) is 14.3. The van der Waals surface area contributed by atoms with Gasteiger partial charge in [-0.05, 0) is 31.8 Å². The Bertz CT molecular complexity index is 226. The highest BCUT2D eigenvalue weighted by molar-refractivity contribution is 4.73. The SMILES string of the molecule is CCCCCCCCN(CCCCCCCC)C[C@@H](N)C(C)CC. The first-order valence-corrected chi connectivity index (χ1v) is 11.1. The fourth-order valence-electron chi connectivity index (χ4n) is 3.31. The van der Waals surface area contributed by atoms with E-state index in [1.54, 1.807) is 0 Å². The van der Waals surface area contributed by atoms with Gasteiger partial charge in [0.1, 0.15) is 0 Å². The molecule has 2 N–H and O–H groups in total. The summed E-state index contributed by atoms with van der Waals surface area (Å²) in [6, 6.07) is 0.343. The van der Waals surface area contributed by atoms with Crippen LogP contribution in [0, 0.1) is 5.92 Å². The van der Waals surface area contributed by atoms with E-state index in [4.69, 9.17) is 5.73 Å². The van der Waals surface area contributed by atoms with Crippen molar-refractivity contribution in [1.29, 1.82) is 0 Å². The van der Waals surface area contributed by atoms with E-state index < -0.39 is 0 Å². The molecule has 2 heteroatoms. The van der Waals surface area contributed by atoms with Gasteiger partial charge < -0.3 is 10.6 Å². The summed E-state index contributed by atoms with van der Waals surface area (Å²) in [6.45, 7) is 12.8. The lowest BCUT2D eigenvalue weighted by Crippen LogP contribution is -2.42. The van der Waals surface area contributed by atoms with Gasteiger partial charge in [0.15, 0.2) is 0 Å². The zero-order valence-corrected chi connectivity index (χ0v) is 17.5. The Hall–Kier alpha value is -0.0800. The van der Waals surface area contributed by atoms with E-state index >= 15 is 0 Å². The van der Waals surface area contributed by atoms with Gasteiger partial charge in [-0.15, -0.1) is 0 Å². The van der Waals surface area contributed by atoms with Crippen LogP contribution in [0.2, 0.25) is 0 Å². The molecule has 0 aliphatic heterocycles. The molecule has 1 unspecified atom stereocenters. The Kier molecular flexibility index (Phi) is 17.7. The molecule has 0 saturated heterocycles. The van der Waals surface area contributed by atoms with Crippen LogP contribution in [0.5, 0.6) is 0 Å². The van der Waals surface area contributed by atoms with E-state index in [0.29, 0.717) is 12.0 Å². The van der Waals surface area contributed by atoms with Gasteiger partial charge in [-0.3, -0.25) is 0 Å². The Morgan fingerprint density at radius 1 is 0.667 bits per heavy atom. The molecule has 0 aliphatic rings. The second-order valence-electron chi connectivity index (χ2n) is 7.89. The zero-order valence-electron chi connectivity index (χ0n) is 17.5. The number of unbranched alkanes of at least 4 members (excludes halogenated alkanes) is 10. The molecule has 0 aromatic rings. The van der Waals surface area contributed by atoms with Crippen molar-refractivity contribution in [2.45, 2.75) is 117 Å². The summed E-state index contributed by atoms with van der Waals surface area (Å²) >= 11 is 0. The lowest BCUT2D eigenvalue weighted by Gasteiger charge is -2.28. The van der Waals surface area contributed by atoms with Crippen LogP contribution in [0.1, 0.15) is 111 Å². The Morgan fingerprint density at radius 2 is 1.08 bits per heavy atom. The smallest absolute Gasteiger partial charge is 0.0193 e. The monoisotopic (exact) mass is 340 g/mol. The molecule has 0 aliphatic carbocycles. The minimum atomic E-state index is 0.343. The molecule has 2 nitrogen and oxygen atoms in total. The van der Waals surface area contributed by atoms with Crippen molar-refractivity contribution in [3.8, 4) is 0 Å². The van der Waals surface area contributed by atoms with Gasteiger partial charge in [0.25, 0.3) is 0 Å². The molecule has 0 bridgehead atoms. The summed E-state index contributed by atoms with van der Waals surface area (Å²) in [7, 11) is 0. The predicted molar refractivity (Wildman–Crippen MR) is 111 cm³/mol. The van der Waals surface area contributed by atoms with Gasteiger partial charge in [0, 0.05) is 12.6 Å². The van der Waals surface area contributed by atoms with Gasteiger partial charge in [-0.25, -0.2) is 0 Å². The maximum atomic E-state index is 6.43. The van der Waals surface area contributed by atoms with Crippen LogP contribution < -0.4 is 5.73 Å². The lowest BCUT2D eigenvalue weighted by atomic mass is 9.99.